The van der Waals surface area contributed by atoms with Gasteiger partial charge in [0, 0.05) is 11.6 Å². The molecule has 0 bridgehead atoms. The molecule has 1 aromatic heterocycles. The zero-order chi connectivity index (χ0) is 12.0. The van der Waals surface area contributed by atoms with Crippen LogP contribution in [-0.2, 0) is 0 Å². The van der Waals surface area contributed by atoms with Gasteiger partial charge in [0.15, 0.2) is 0 Å². The summed E-state index contributed by atoms with van der Waals surface area (Å²) in [5.74, 6) is 0.186. The van der Waals surface area contributed by atoms with Crippen LogP contribution in [0.25, 0.3) is 11.3 Å². The zero-order valence-corrected chi connectivity index (χ0v) is 9.78. The van der Waals surface area contributed by atoms with E-state index in [1.165, 1.54) is 6.07 Å². The minimum absolute atomic E-state index is 0.0860. The van der Waals surface area contributed by atoms with E-state index in [0.717, 1.165) is 18.4 Å². The zero-order valence-electron chi connectivity index (χ0n) is 9.03. The second-order valence-electron chi connectivity index (χ2n) is 4.25. The van der Waals surface area contributed by atoms with E-state index in [4.69, 9.17) is 17.3 Å². The molecule has 1 fully saturated rings. The lowest BCUT2D eigenvalue weighted by Crippen LogP contribution is -1.99. The van der Waals surface area contributed by atoms with Gasteiger partial charge in [-0.3, -0.25) is 0 Å². The minimum Gasteiger partial charge on any atom is -0.383 e. The van der Waals surface area contributed by atoms with Crippen LogP contribution >= 0.6 is 11.6 Å². The maximum Gasteiger partial charge on any atom is 0.141 e. The van der Waals surface area contributed by atoms with E-state index in [0.29, 0.717) is 17.6 Å². The van der Waals surface area contributed by atoms with Crippen molar-refractivity contribution in [3.05, 3.63) is 35.4 Å². The lowest BCUT2D eigenvalue weighted by atomic mass is 10.1. The van der Waals surface area contributed by atoms with Gasteiger partial charge in [0.1, 0.15) is 17.3 Å². The normalized spacial score (nSPS) is 15.2. The number of benzene rings is 1. The summed E-state index contributed by atoms with van der Waals surface area (Å²) < 4.78 is 15.0. The van der Waals surface area contributed by atoms with Crippen LogP contribution in [0.5, 0.6) is 0 Å². The molecule has 3 rings (SSSR count). The van der Waals surface area contributed by atoms with Gasteiger partial charge in [-0.2, -0.15) is 0 Å². The van der Waals surface area contributed by atoms with Gasteiger partial charge in [0.2, 0.25) is 0 Å². The van der Waals surface area contributed by atoms with Gasteiger partial charge in [-0.25, -0.2) is 9.37 Å². The predicted molar refractivity (Wildman–Crippen MR) is 65.3 cm³/mol. The molecule has 17 heavy (non-hydrogen) atoms. The fourth-order valence-electron chi connectivity index (χ4n) is 1.88. The second-order valence-corrected chi connectivity index (χ2v) is 4.65. The molecule has 3 nitrogen and oxygen atoms in total. The maximum absolute atomic E-state index is 13.1. The van der Waals surface area contributed by atoms with Crippen molar-refractivity contribution in [1.82, 2.24) is 9.55 Å². The number of nitrogens with zero attached hydrogens (tertiary/aromatic N) is 2. The summed E-state index contributed by atoms with van der Waals surface area (Å²) in [5.41, 5.74) is 7.44. The Bertz CT molecular complexity index is 575. The molecule has 0 radical (unpaired) electrons. The van der Waals surface area contributed by atoms with Crippen molar-refractivity contribution in [3.63, 3.8) is 0 Å². The van der Waals surface area contributed by atoms with Crippen molar-refractivity contribution in [2.45, 2.75) is 18.9 Å². The van der Waals surface area contributed by atoms with Crippen LogP contribution < -0.4 is 5.73 Å². The largest absolute Gasteiger partial charge is 0.383 e. The quantitative estimate of drug-likeness (QED) is 0.890. The third-order valence-corrected chi connectivity index (χ3v) is 3.25. The molecule has 1 aromatic carbocycles. The monoisotopic (exact) mass is 251 g/mol. The Morgan fingerprint density at radius 2 is 2.18 bits per heavy atom. The SMILES string of the molecule is Nc1c(-c2ccc(F)c(Cl)c2)ncn1C1CC1. The van der Waals surface area contributed by atoms with Crippen LogP contribution in [-0.4, -0.2) is 9.55 Å². The summed E-state index contributed by atoms with van der Waals surface area (Å²) in [7, 11) is 0. The van der Waals surface area contributed by atoms with E-state index >= 15 is 0 Å². The highest BCUT2D eigenvalue weighted by Crippen LogP contribution is 2.39. The lowest BCUT2D eigenvalue weighted by molar-refractivity contribution is 0.628. The molecular formula is C12H11ClFN3. The van der Waals surface area contributed by atoms with E-state index in [2.05, 4.69) is 4.98 Å². The fourth-order valence-corrected chi connectivity index (χ4v) is 2.06. The first-order valence-electron chi connectivity index (χ1n) is 5.44. The Balaban J connectivity index is 2.05. The molecule has 0 spiro atoms. The molecule has 0 unspecified atom stereocenters. The molecule has 1 aliphatic carbocycles. The van der Waals surface area contributed by atoms with Crippen molar-refractivity contribution < 1.29 is 4.39 Å². The molecule has 2 aromatic rings. The van der Waals surface area contributed by atoms with Gasteiger partial charge in [-0.15, -0.1) is 0 Å². The number of imidazole rings is 1. The average molecular weight is 252 g/mol. The second kappa shape index (κ2) is 3.74. The molecule has 0 aliphatic heterocycles. The first kappa shape index (κ1) is 10.6. The summed E-state index contributed by atoms with van der Waals surface area (Å²) >= 11 is 5.75. The van der Waals surface area contributed by atoms with Gasteiger partial charge in [-0.05, 0) is 31.0 Å². The molecule has 88 valence electrons. The summed E-state index contributed by atoms with van der Waals surface area (Å²) in [6.45, 7) is 0. The van der Waals surface area contributed by atoms with Crippen LogP contribution in [0.2, 0.25) is 5.02 Å². The highest BCUT2D eigenvalue weighted by molar-refractivity contribution is 6.31. The summed E-state index contributed by atoms with van der Waals surface area (Å²) in [5, 5.41) is 0.0860. The molecule has 0 saturated heterocycles. The summed E-state index contributed by atoms with van der Waals surface area (Å²) in [6, 6.07) is 4.99. The van der Waals surface area contributed by atoms with E-state index in [-0.39, 0.29) is 5.02 Å². The van der Waals surface area contributed by atoms with Crippen molar-refractivity contribution >= 4 is 17.4 Å². The first-order chi connectivity index (χ1) is 8.16. The van der Waals surface area contributed by atoms with Gasteiger partial charge >= 0.3 is 0 Å². The number of aromatic nitrogens is 2. The predicted octanol–water partition coefficient (Wildman–Crippen LogP) is 3.26. The average Bonchev–Trinajstić information content (AvgIpc) is 3.07. The molecule has 2 N–H and O–H groups in total. The number of hydrogen-bond acceptors (Lipinski definition) is 2. The summed E-state index contributed by atoms with van der Waals surface area (Å²) in [6.07, 6.45) is 4.02. The van der Waals surface area contributed by atoms with E-state index in [1.54, 1.807) is 18.5 Å². The van der Waals surface area contributed by atoms with E-state index in [9.17, 15) is 4.39 Å². The molecule has 1 aliphatic rings. The molecule has 1 saturated carbocycles. The topological polar surface area (TPSA) is 43.8 Å². The minimum atomic E-state index is -0.435. The Morgan fingerprint density at radius 1 is 1.41 bits per heavy atom. The number of nitrogens with two attached hydrogens (primary N) is 1. The van der Waals surface area contributed by atoms with Gasteiger partial charge in [0.25, 0.3) is 0 Å². The third kappa shape index (κ3) is 1.78. The van der Waals surface area contributed by atoms with Gasteiger partial charge in [-0.1, -0.05) is 11.6 Å². The van der Waals surface area contributed by atoms with Crippen LogP contribution in [0.15, 0.2) is 24.5 Å². The molecule has 0 atom stereocenters. The molecule has 1 heterocycles. The van der Waals surface area contributed by atoms with Crippen molar-refractivity contribution in [3.8, 4) is 11.3 Å². The number of rotatable bonds is 2. The van der Waals surface area contributed by atoms with E-state index in [1.807, 2.05) is 4.57 Å². The van der Waals surface area contributed by atoms with Crippen molar-refractivity contribution in [2.75, 3.05) is 5.73 Å². The lowest BCUT2D eigenvalue weighted by Gasteiger charge is -2.04. The Kier molecular flexibility index (Phi) is 2.33. The van der Waals surface area contributed by atoms with E-state index < -0.39 is 5.82 Å². The highest BCUT2D eigenvalue weighted by atomic mass is 35.5. The number of nitrogen functional groups attached to an aromatic ring is 1. The van der Waals surface area contributed by atoms with Gasteiger partial charge in [0.05, 0.1) is 11.3 Å². The van der Waals surface area contributed by atoms with Crippen LogP contribution in [0.1, 0.15) is 18.9 Å². The molecule has 0 amide bonds. The van der Waals surface area contributed by atoms with Crippen LogP contribution in [0.4, 0.5) is 10.2 Å². The highest BCUT2D eigenvalue weighted by Gasteiger charge is 2.26. The summed E-state index contributed by atoms with van der Waals surface area (Å²) in [4.78, 5) is 4.27. The smallest absolute Gasteiger partial charge is 0.141 e. The van der Waals surface area contributed by atoms with Crippen LogP contribution in [0.3, 0.4) is 0 Å². The van der Waals surface area contributed by atoms with Crippen molar-refractivity contribution in [1.29, 1.82) is 0 Å². The Hall–Kier alpha value is -1.55. The Labute approximate surface area is 103 Å². The number of hydrogen-bond donors (Lipinski definition) is 1. The van der Waals surface area contributed by atoms with Crippen molar-refractivity contribution in [2.24, 2.45) is 0 Å². The van der Waals surface area contributed by atoms with Crippen LogP contribution in [0, 0.1) is 5.82 Å². The maximum atomic E-state index is 13.1. The molecular weight excluding hydrogens is 241 g/mol. The number of anilines is 1. The Morgan fingerprint density at radius 3 is 2.82 bits per heavy atom. The standard InChI is InChI=1S/C12H11ClFN3/c13-9-5-7(1-4-10(9)14)11-12(15)17(6-16-11)8-2-3-8/h1,4-6,8H,2-3,15H2. The first-order valence-corrected chi connectivity index (χ1v) is 5.82. The molecule has 5 heteroatoms. The number of halogens is 2. The van der Waals surface area contributed by atoms with Gasteiger partial charge < -0.3 is 10.3 Å². The third-order valence-electron chi connectivity index (χ3n) is 2.97. The fraction of sp³-hybridized carbons (Fsp3) is 0.250.